The van der Waals surface area contributed by atoms with Crippen molar-refractivity contribution in [2.45, 2.75) is 43.4 Å². The Hall–Kier alpha value is -3.23. The molecule has 0 radical (unpaired) electrons. The smallest absolute Gasteiger partial charge is 0.326 e. The zero-order valence-electron chi connectivity index (χ0n) is 20.2. The standard InChI is InChI=1S/C23H32N6O6S2/c1-37-7-6-17(23(34)35)27-22(33)19(11-36)29-21(32)18(9-14-10-25-12-26-14)28-20(31)16(24)8-13-2-4-15(30)5-3-13/h2-5,10,12,16-19,30,36H,6-9,11,24H2,1H3,(H,25,26)(H,27,33)(H,28,31)(H,29,32)(H,34,35). The van der Waals surface area contributed by atoms with E-state index < -0.39 is 47.9 Å². The number of aromatic hydroxyl groups is 1. The van der Waals surface area contributed by atoms with Gasteiger partial charge in [-0.15, -0.1) is 0 Å². The van der Waals surface area contributed by atoms with Crippen molar-refractivity contribution in [2.75, 3.05) is 17.8 Å². The summed E-state index contributed by atoms with van der Waals surface area (Å²) in [6, 6.07) is 1.88. The van der Waals surface area contributed by atoms with Crippen LogP contribution >= 0.6 is 24.4 Å². The van der Waals surface area contributed by atoms with E-state index >= 15 is 0 Å². The molecule has 2 aromatic rings. The zero-order valence-corrected chi connectivity index (χ0v) is 21.9. The molecule has 202 valence electrons. The lowest BCUT2D eigenvalue weighted by Gasteiger charge is -2.24. The minimum absolute atomic E-state index is 0.0376. The SMILES string of the molecule is CSCCC(NC(=O)C(CS)NC(=O)C(Cc1cnc[nH]1)NC(=O)C(N)Cc1ccc(O)cc1)C(=O)O. The topological polar surface area (TPSA) is 200 Å². The number of nitrogens with two attached hydrogens (primary N) is 1. The molecule has 0 spiro atoms. The van der Waals surface area contributed by atoms with Crippen LogP contribution < -0.4 is 21.7 Å². The van der Waals surface area contributed by atoms with Crippen LogP contribution in [-0.2, 0) is 32.0 Å². The molecule has 14 heteroatoms. The molecule has 0 aliphatic rings. The van der Waals surface area contributed by atoms with Crippen LogP contribution in [0.15, 0.2) is 36.8 Å². The molecule has 1 aromatic carbocycles. The monoisotopic (exact) mass is 552 g/mol. The fourth-order valence-corrected chi connectivity index (χ4v) is 4.04. The summed E-state index contributed by atoms with van der Waals surface area (Å²) in [5.41, 5.74) is 7.32. The molecular formula is C23H32N6O6S2. The van der Waals surface area contributed by atoms with Crippen LogP contribution in [0.2, 0.25) is 0 Å². The van der Waals surface area contributed by atoms with E-state index in [-0.39, 0.29) is 30.8 Å². The van der Waals surface area contributed by atoms with Crippen molar-refractivity contribution in [1.29, 1.82) is 0 Å². The predicted octanol–water partition coefficient (Wildman–Crippen LogP) is -0.550. The summed E-state index contributed by atoms with van der Waals surface area (Å²) in [6.45, 7) is 0. The molecule has 1 heterocycles. The number of hydrogen-bond acceptors (Lipinski definition) is 9. The summed E-state index contributed by atoms with van der Waals surface area (Å²) in [5, 5.41) is 26.4. The van der Waals surface area contributed by atoms with Gasteiger partial charge in [-0.05, 0) is 42.5 Å². The van der Waals surface area contributed by atoms with Gasteiger partial charge in [-0.3, -0.25) is 14.4 Å². The number of phenols is 1. The Kier molecular flexibility index (Phi) is 12.3. The first-order valence-corrected chi connectivity index (χ1v) is 13.4. The third-order valence-corrected chi connectivity index (χ3v) is 6.39. The van der Waals surface area contributed by atoms with Crippen LogP contribution in [0, 0.1) is 0 Å². The number of carboxylic acids is 1. The third-order valence-electron chi connectivity index (χ3n) is 5.38. The molecule has 1 aromatic heterocycles. The zero-order chi connectivity index (χ0) is 27.4. The average molecular weight is 553 g/mol. The van der Waals surface area contributed by atoms with E-state index in [9.17, 15) is 29.4 Å². The summed E-state index contributed by atoms with van der Waals surface area (Å²) in [6.07, 6.45) is 5.16. The number of benzene rings is 1. The first kappa shape index (κ1) is 30.0. The number of aromatic amines is 1. The number of aromatic nitrogens is 2. The lowest BCUT2D eigenvalue weighted by Crippen LogP contribution is -2.58. The van der Waals surface area contributed by atoms with E-state index in [1.807, 2.05) is 6.26 Å². The van der Waals surface area contributed by atoms with Gasteiger partial charge < -0.3 is 36.9 Å². The van der Waals surface area contributed by atoms with Crippen molar-refractivity contribution >= 4 is 48.1 Å². The Bertz CT molecular complexity index is 1040. The molecule has 37 heavy (non-hydrogen) atoms. The Morgan fingerprint density at radius 1 is 1.03 bits per heavy atom. The number of hydrogen-bond donors (Lipinski definition) is 8. The van der Waals surface area contributed by atoms with Gasteiger partial charge in [0.25, 0.3) is 0 Å². The second-order valence-electron chi connectivity index (χ2n) is 8.24. The Balaban J connectivity index is 2.08. The van der Waals surface area contributed by atoms with Gasteiger partial charge in [0, 0.05) is 24.1 Å². The number of amides is 3. The quantitative estimate of drug-likeness (QED) is 0.134. The molecule has 0 aliphatic heterocycles. The van der Waals surface area contributed by atoms with Crippen molar-refractivity contribution in [2.24, 2.45) is 5.73 Å². The first-order valence-electron chi connectivity index (χ1n) is 11.4. The predicted molar refractivity (Wildman–Crippen MR) is 142 cm³/mol. The second-order valence-corrected chi connectivity index (χ2v) is 9.59. The van der Waals surface area contributed by atoms with Gasteiger partial charge in [-0.2, -0.15) is 24.4 Å². The summed E-state index contributed by atoms with van der Waals surface area (Å²) < 4.78 is 0. The number of nitrogens with one attached hydrogen (secondary N) is 4. The number of phenolic OH excluding ortho intramolecular Hbond substituents is 1. The van der Waals surface area contributed by atoms with Crippen molar-refractivity contribution in [3.8, 4) is 5.75 Å². The van der Waals surface area contributed by atoms with Crippen molar-refractivity contribution in [3.05, 3.63) is 48.0 Å². The molecule has 12 nitrogen and oxygen atoms in total. The molecule has 2 rings (SSSR count). The maximum atomic E-state index is 13.1. The van der Waals surface area contributed by atoms with E-state index in [2.05, 4.69) is 38.5 Å². The first-order chi connectivity index (χ1) is 17.6. The molecule has 4 unspecified atom stereocenters. The van der Waals surface area contributed by atoms with E-state index in [1.54, 1.807) is 12.1 Å². The highest BCUT2D eigenvalue weighted by Gasteiger charge is 2.30. The molecular weight excluding hydrogens is 520 g/mol. The fraction of sp³-hybridized carbons (Fsp3) is 0.435. The van der Waals surface area contributed by atoms with E-state index in [0.717, 1.165) is 5.56 Å². The molecule has 8 N–H and O–H groups in total. The summed E-state index contributed by atoms with van der Waals surface area (Å²) in [7, 11) is 0. The lowest BCUT2D eigenvalue weighted by atomic mass is 10.0. The second kappa shape index (κ2) is 15.1. The number of rotatable bonds is 15. The minimum Gasteiger partial charge on any atom is -0.508 e. The Morgan fingerprint density at radius 2 is 1.65 bits per heavy atom. The lowest BCUT2D eigenvalue weighted by molar-refractivity contribution is -0.142. The number of H-pyrrole nitrogens is 1. The van der Waals surface area contributed by atoms with Crippen LogP contribution in [-0.4, -0.2) is 85.8 Å². The number of aliphatic carboxylic acids is 1. The van der Waals surface area contributed by atoms with Crippen molar-refractivity contribution in [3.63, 3.8) is 0 Å². The van der Waals surface area contributed by atoms with Gasteiger partial charge in [0.1, 0.15) is 23.9 Å². The van der Waals surface area contributed by atoms with E-state index in [1.165, 1.54) is 36.4 Å². The molecule has 0 bridgehead atoms. The Labute approximate surface area is 224 Å². The summed E-state index contributed by atoms with van der Waals surface area (Å²) in [5.74, 6) is -2.64. The van der Waals surface area contributed by atoms with Crippen molar-refractivity contribution < 1.29 is 29.4 Å². The van der Waals surface area contributed by atoms with Crippen molar-refractivity contribution in [1.82, 2.24) is 25.9 Å². The number of nitrogens with zero attached hydrogens (tertiary/aromatic N) is 1. The number of carbonyl (C=O) groups excluding carboxylic acids is 3. The van der Waals surface area contributed by atoms with Crippen LogP contribution in [0.4, 0.5) is 0 Å². The normalized spacial score (nSPS) is 14.1. The van der Waals surface area contributed by atoms with Gasteiger partial charge in [-0.1, -0.05) is 12.1 Å². The number of carboxylic acid groups (broad SMARTS) is 1. The van der Waals surface area contributed by atoms with Crippen LogP contribution in [0.3, 0.4) is 0 Å². The van der Waals surface area contributed by atoms with Crippen LogP contribution in [0.25, 0.3) is 0 Å². The third kappa shape index (κ3) is 9.98. The van der Waals surface area contributed by atoms with E-state index in [0.29, 0.717) is 11.4 Å². The number of imidazole rings is 1. The molecule has 0 aliphatic carbocycles. The number of carbonyl (C=O) groups is 4. The summed E-state index contributed by atoms with van der Waals surface area (Å²) >= 11 is 5.57. The fourth-order valence-electron chi connectivity index (χ4n) is 3.31. The van der Waals surface area contributed by atoms with Gasteiger partial charge in [-0.25, -0.2) is 9.78 Å². The van der Waals surface area contributed by atoms with Crippen LogP contribution in [0.1, 0.15) is 17.7 Å². The van der Waals surface area contributed by atoms with Gasteiger partial charge >= 0.3 is 5.97 Å². The average Bonchev–Trinajstić information content (AvgIpc) is 3.38. The molecule has 0 saturated carbocycles. The largest absolute Gasteiger partial charge is 0.508 e. The van der Waals surface area contributed by atoms with E-state index in [4.69, 9.17) is 5.73 Å². The van der Waals surface area contributed by atoms with Gasteiger partial charge in [0.15, 0.2) is 0 Å². The highest BCUT2D eigenvalue weighted by Crippen LogP contribution is 2.11. The highest BCUT2D eigenvalue weighted by molar-refractivity contribution is 7.98. The highest BCUT2D eigenvalue weighted by atomic mass is 32.2. The molecule has 0 fully saturated rings. The summed E-state index contributed by atoms with van der Waals surface area (Å²) in [4.78, 5) is 56.9. The van der Waals surface area contributed by atoms with Gasteiger partial charge in [0.2, 0.25) is 17.7 Å². The molecule has 3 amide bonds. The minimum atomic E-state index is -1.18. The maximum Gasteiger partial charge on any atom is 0.326 e. The van der Waals surface area contributed by atoms with Crippen LogP contribution in [0.5, 0.6) is 5.75 Å². The Morgan fingerprint density at radius 3 is 2.22 bits per heavy atom. The number of thiol groups is 1. The van der Waals surface area contributed by atoms with Gasteiger partial charge in [0.05, 0.1) is 12.4 Å². The molecule has 4 atom stereocenters. The maximum absolute atomic E-state index is 13.1. The molecule has 0 saturated heterocycles. The number of thioether (sulfide) groups is 1.